The molecular weight excluding hydrogens is 263 g/mol. The monoisotopic (exact) mass is 276 g/mol. The zero-order valence-electron chi connectivity index (χ0n) is 10.5. The van der Waals surface area contributed by atoms with Gasteiger partial charge in [-0.15, -0.1) is 0 Å². The van der Waals surface area contributed by atoms with E-state index in [9.17, 15) is 19.7 Å². The summed E-state index contributed by atoms with van der Waals surface area (Å²) in [6, 6.07) is 8.50. The van der Waals surface area contributed by atoms with Gasteiger partial charge in [-0.2, -0.15) is 0 Å². The van der Waals surface area contributed by atoms with Crippen molar-refractivity contribution in [2.45, 2.75) is 18.6 Å². The van der Waals surface area contributed by atoms with Crippen LogP contribution in [0.5, 0.6) is 17.2 Å². The summed E-state index contributed by atoms with van der Waals surface area (Å²) in [6.07, 6.45) is -1.16. The Morgan fingerprint density at radius 2 is 1.90 bits per heavy atom. The van der Waals surface area contributed by atoms with Gasteiger partial charge in [-0.25, -0.2) is 4.39 Å². The molecule has 20 heavy (non-hydrogen) atoms. The second kappa shape index (κ2) is 4.68. The Hall–Kier alpha value is -2.27. The maximum absolute atomic E-state index is 13.1. The lowest BCUT2D eigenvalue weighted by molar-refractivity contribution is 0.0205. The third-order valence-electron chi connectivity index (χ3n) is 3.38. The highest BCUT2D eigenvalue weighted by Crippen LogP contribution is 2.37. The Bertz CT molecular complexity index is 656. The summed E-state index contributed by atoms with van der Waals surface area (Å²) in [6.45, 7) is 0. The molecule has 3 rings (SSSR count). The highest BCUT2D eigenvalue weighted by Gasteiger charge is 2.30. The minimum atomic E-state index is -0.808. The van der Waals surface area contributed by atoms with E-state index < -0.39 is 23.8 Å². The highest BCUT2D eigenvalue weighted by atomic mass is 19.1. The second-order valence-electron chi connectivity index (χ2n) is 4.81. The number of rotatable bonds is 1. The molecule has 5 heteroatoms. The number of hydrogen-bond acceptors (Lipinski definition) is 4. The smallest absolute Gasteiger partial charge is 0.164 e. The van der Waals surface area contributed by atoms with E-state index in [1.54, 1.807) is 6.07 Å². The topological polar surface area (TPSA) is 69.9 Å². The van der Waals surface area contributed by atoms with Crippen LogP contribution < -0.4 is 4.74 Å². The fourth-order valence-corrected chi connectivity index (χ4v) is 2.37. The van der Waals surface area contributed by atoms with Crippen LogP contribution >= 0.6 is 0 Å². The normalized spacial score (nSPS) is 21.1. The van der Waals surface area contributed by atoms with E-state index in [0.29, 0.717) is 17.7 Å². The van der Waals surface area contributed by atoms with Gasteiger partial charge in [0, 0.05) is 12.5 Å². The summed E-state index contributed by atoms with van der Waals surface area (Å²) in [5.74, 6) is -0.665. The van der Waals surface area contributed by atoms with Crippen LogP contribution in [0.15, 0.2) is 36.4 Å². The number of phenolic OH excluding ortho intramolecular Hbond substituents is 2. The average molecular weight is 276 g/mol. The number of aliphatic hydroxyl groups excluding tert-OH is 1. The lowest BCUT2D eigenvalue weighted by Gasteiger charge is -2.31. The van der Waals surface area contributed by atoms with Crippen molar-refractivity contribution >= 4 is 0 Å². The van der Waals surface area contributed by atoms with Gasteiger partial charge >= 0.3 is 0 Å². The Balaban J connectivity index is 1.97. The molecule has 0 unspecified atom stereocenters. The van der Waals surface area contributed by atoms with E-state index in [0.717, 1.165) is 11.6 Å². The second-order valence-corrected chi connectivity index (χ2v) is 4.81. The molecule has 2 aromatic carbocycles. The van der Waals surface area contributed by atoms with Crippen LogP contribution in [0.1, 0.15) is 17.2 Å². The van der Waals surface area contributed by atoms with Crippen molar-refractivity contribution in [2.24, 2.45) is 0 Å². The number of benzene rings is 2. The van der Waals surface area contributed by atoms with Crippen LogP contribution in [0.25, 0.3) is 0 Å². The van der Waals surface area contributed by atoms with Gasteiger partial charge < -0.3 is 20.1 Å². The molecule has 1 aliphatic heterocycles. The zero-order chi connectivity index (χ0) is 14.3. The van der Waals surface area contributed by atoms with E-state index in [2.05, 4.69) is 0 Å². The Morgan fingerprint density at radius 1 is 1.10 bits per heavy atom. The maximum Gasteiger partial charge on any atom is 0.164 e. The molecule has 0 saturated carbocycles. The molecule has 2 aromatic rings. The first kappa shape index (κ1) is 12.7. The van der Waals surface area contributed by atoms with E-state index in [1.165, 1.54) is 24.3 Å². The first-order valence-corrected chi connectivity index (χ1v) is 6.19. The molecule has 0 fully saturated rings. The number of hydrogen-bond donors (Lipinski definition) is 3. The minimum absolute atomic E-state index is 0.0702. The number of aliphatic hydroxyl groups is 1. The summed E-state index contributed by atoms with van der Waals surface area (Å²) in [5.41, 5.74) is 1.27. The first-order valence-electron chi connectivity index (χ1n) is 6.19. The molecule has 0 spiro atoms. The fraction of sp³-hybridized carbons (Fsp3) is 0.200. The van der Waals surface area contributed by atoms with Gasteiger partial charge in [-0.05, 0) is 29.3 Å². The van der Waals surface area contributed by atoms with Gasteiger partial charge in [0.1, 0.15) is 17.6 Å². The summed E-state index contributed by atoms with van der Waals surface area (Å²) >= 11 is 0. The average Bonchev–Trinajstić information content (AvgIpc) is 2.42. The molecule has 4 nitrogen and oxygen atoms in total. The molecule has 104 valence electrons. The van der Waals surface area contributed by atoms with Crippen LogP contribution in [0.4, 0.5) is 4.39 Å². The van der Waals surface area contributed by atoms with Crippen LogP contribution in [-0.2, 0) is 6.42 Å². The zero-order valence-corrected chi connectivity index (χ0v) is 10.5. The standard InChI is InChI=1S/C15H13FO4/c16-11-4-2-9(6-12(11)18)15-13(19)5-8-1-3-10(17)7-14(8)20-15/h1-4,6-7,13,15,17-19H,5H2/t13-,15-/m1/s1. The van der Waals surface area contributed by atoms with Gasteiger partial charge in [0.15, 0.2) is 11.6 Å². The van der Waals surface area contributed by atoms with Gasteiger partial charge in [0.2, 0.25) is 0 Å². The number of aromatic hydroxyl groups is 2. The Kier molecular flexibility index (Phi) is 2.99. The van der Waals surface area contributed by atoms with Crippen LogP contribution in [0.3, 0.4) is 0 Å². The number of halogens is 1. The van der Waals surface area contributed by atoms with Crippen LogP contribution in [0, 0.1) is 5.82 Å². The van der Waals surface area contributed by atoms with Crippen molar-refractivity contribution in [1.29, 1.82) is 0 Å². The number of fused-ring (bicyclic) bond motifs is 1. The van der Waals surface area contributed by atoms with Gasteiger partial charge in [-0.3, -0.25) is 0 Å². The first-order chi connectivity index (χ1) is 9.54. The van der Waals surface area contributed by atoms with E-state index in [4.69, 9.17) is 4.74 Å². The quantitative estimate of drug-likeness (QED) is 0.747. The molecule has 2 atom stereocenters. The van der Waals surface area contributed by atoms with Crippen molar-refractivity contribution in [3.63, 3.8) is 0 Å². The predicted octanol–water partition coefficient (Wildman–Crippen LogP) is 2.27. The van der Waals surface area contributed by atoms with Crippen molar-refractivity contribution in [3.05, 3.63) is 53.3 Å². The molecule has 0 aromatic heterocycles. The lowest BCUT2D eigenvalue weighted by atomic mass is 9.94. The van der Waals surface area contributed by atoms with E-state index in [1.807, 2.05) is 0 Å². The minimum Gasteiger partial charge on any atom is -0.508 e. The predicted molar refractivity (Wildman–Crippen MR) is 69.3 cm³/mol. The molecule has 0 bridgehead atoms. The summed E-state index contributed by atoms with van der Waals surface area (Å²) in [5, 5.41) is 29.0. The Morgan fingerprint density at radius 3 is 2.65 bits per heavy atom. The van der Waals surface area contributed by atoms with Crippen molar-refractivity contribution in [1.82, 2.24) is 0 Å². The summed E-state index contributed by atoms with van der Waals surface area (Å²) in [7, 11) is 0. The van der Waals surface area contributed by atoms with Crippen molar-refractivity contribution < 1.29 is 24.4 Å². The molecular formula is C15H13FO4. The molecule has 0 aliphatic carbocycles. The van der Waals surface area contributed by atoms with E-state index in [-0.39, 0.29) is 5.75 Å². The van der Waals surface area contributed by atoms with Crippen LogP contribution in [-0.4, -0.2) is 21.4 Å². The van der Waals surface area contributed by atoms with Gasteiger partial charge in [-0.1, -0.05) is 12.1 Å². The van der Waals surface area contributed by atoms with E-state index >= 15 is 0 Å². The highest BCUT2D eigenvalue weighted by molar-refractivity contribution is 5.43. The van der Waals surface area contributed by atoms with Crippen molar-refractivity contribution in [3.8, 4) is 17.2 Å². The third-order valence-corrected chi connectivity index (χ3v) is 3.38. The van der Waals surface area contributed by atoms with Gasteiger partial charge in [0.25, 0.3) is 0 Å². The van der Waals surface area contributed by atoms with Gasteiger partial charge in [0.05, 0.1) is 6.10 Å². The lowest BCUT2D eigenvalue weighted by Crippen LogP contribution is -2.30. The molecule has 3 N–H and O–H groups in total. The number of ether oxygens (including phenoxy) is 1. The molecule has 0 radical (unpaired) electrons. The summed E-state index contributed by atoms with van der Waals surface area (Å²) in [4.78, 5) is 0. The number of phenols is 2. The fourth-order valence-electron chi connectivity index (χ4n) is 2.37. The SMILES string of the molecule is Oc1ccc2c(c1)O[C@H](c1ccc(F)c(O)c1)[C@H](O)C2. The molecule has 0 saturated heterocycles. The third kappa shape index (κ3) is 2.16. The molecule has 0 amide bonds. The van der Waals surface area contributed by atoms with Crippen molar-refractivity contribution in [2.75, 3.05) is 0 Å². The summed E-state index contributed by atoms with van der Waals surface area (Å²) < 4.78 is 18.7. The Labute approximate surface area is 114 Å². The largest absolute Gasteiger partial charge is 0.508 e. The van der Waals surface area contributed by atoms with Crippen LogP contribution in [0.2, 0.25) is 0 Å². The molecule has 1 aliphatic rings. The maximum atomic E-state index is 13.1. The molecule has 1 heterocycles.